The van der Waals surface area contributed by atoms with Crippen molar-refractivity contribution in [1.29, 1.82) is 0 Å². The maximum Gasteiger partial charge on any atom is 2.00 e. The quantitative estimate of drug-likeness (QED) is 0.163. The van der Waals surface area contributed by atoms with Crippen molar-refractivity contribution < 1.29 is 25.8 Å². The second-order valence-electron chi connectivity index (χ2n) is 14.7. The molecular formula is C44H40N2OPt. The Labute approximate surface area is 299 Å². The van der Waals surface area contributed by atoms with Crippen molar-refractivity contribution in [2.75, 3.05) is 0 Å². The maximum absolute atomic E-state index is 6.52. The van der Waals surface area contributed by atoms with Gasteiger partial charge in [-0.25, -0.2) is 0 Å². The molecule has 0 amide bonds. The molecular weight excluding hydrogens is 768 g/mol. The molecule has 3 nitrogen and oxygen atoms in total. The van der Waals surface area contributed by atoms with Crippen molar-refractivity contribution in [2.45, 2.75) is 64.7 Å². The summed E-state index contributed by atoms with van der Waals surface area (Å²) < 4.78 is 6.52. The van der Waals surface area contributed by atoms with Crippen LogP contribution in [0.1, 0.15) is 80.6 Å². The van der Waals surface area contributed by atoms with Crippen molar-refractivity contribution >= 4 is 0 Å². The van der Waals surface area contributed by atoms with Gasteiger partial charge in [0.2, 0.25) is 0 Å². The Morgan fingerprint density at radius 2 is 1.23 bits per heavy atom. The Bertz CT molecular complexity index is 2040. The van der Waals surface area contributed by atoms with Gasteiger partial charge in [-0.1, -0.05) is 102 Å². The molecule has 0 atom stereocenters. The molecule has 2 aromatic heterocycles. The molecule has 6 aromatic rings. The minimum Gasteiger partial charge on any atom is -0.503 e. The van der Waals surface area contributed by atoms with E-state index >= 15 is 0 Å². The van der Waals surface area contributed by atoms with Gasteiger partial charge >= 0.3 is 21.1 Å². The monoisotopic (exact) mass is 807 g/mol. The Morgan fingerprint density at radius 1 is 0.604 bits per heavy atom. The van der Waals surface area contributed by atoms with Crippen LogP contribution in [-0.2, 0) is 37.3 Å². The zero-order chi connectivity index (χ0) is 33.0. The van der Waals surface area contributed by atoms with Crippen LogP contribution in [0.25, 0.3) is 22.4 Å². The molecule has 0 bridgehead atoms. The molecule has 0 radical (unpaired) electrons. The molecule has 0 unspecified atom stereocenters. The number of nitrogens with zero attached hydrogens (tertiary/aromatic N) is 2. The van der Waals surface area contributed by atoms with Crippen molar-refractivity contribution in [3.05, 3.63) is 167 Å². The smallest absolute Gasteiger partial charge is 0.503 e. The number of hydrogen-bond donors (Lipinski definition) is 0. The first-order valence-corrected chi connectivity index (χ1v) is 16.3. The molecule has 0 fully saturated rings. The van der Waals surface area contributed by atoms with E-state index in [4.69, 9.17) is 9.72 Å². The molecule has 7 rings (SSSR count). The van der Waals surface area contributed by atoms with E-state index in [0.29, 0.717) is 11.5 Å². The van der Waals surface area contributed by atoms with Crippen LogP contribution in [0.3, 0.4) is 0 Å². The van der Waals surface area contributed by atoms with Crippen LogP contribution in [0.15, 0.2) is 116 Å². The van der Waals surface area contributed by atoms with E-state index in [9.17, 15) is 0 Å². The summed E-state index contributed by atoms with van der Waals surface area (Å²) in [6.07, 6.45) is 3.73. The number of hydrogen-bond acceptors (Lipinski definition) is 3. The van der Waals surface area contributed by atoms with E-state index in [1.165, 1.54) is 33.4 Å². The summed E-state index contributed by atoms with van der Waals surface area (Å²) in [5.41, 5.74) is 11.5. The van der Waals surface area contributed by atoms with E-state index in [2.05, 4.69) is 132 Å². The van der Waals surface area contributed by atoms with Crippen LogP contribution in [0, 0.1) is 19.1 Å². The van der Waals surface area contributed by atoms with Gasteiger partial charge < -0.3 is 9.72 Å². The van der Waals surface area contributed by atoms with E-state index in [1.807, 2.05) is 48.8 Å². The van der Waals surface area contributed by atoms with Gasteiger partial charge in [0.15, 0.2) is 0 Å². The van der Waals surface area contributed by atoms with E-state index in [-0.39, 0.29) is 31.9 Å². The molecule has 0 saturated heterocycles. The molecule has 0 N–H and O–H groups in total. The third-order valence-electron chi connectivity index (χ3n) is 9.27. The standard InChI is InChI=1S/C44H40N2O.Pt/c1-29-21-23-45-40(24-29)30-12-10-14-34(25-30)47-35-15-11-13-33(26-35)44(41-16-8-9-22-46-41)38-27-31(42(2,3)4)17-19-36(38)37-20-18-32(28-39(37)44)43(5,6)7;/h8-24,27-28H,1-7H3;/q-2;+2. The van der Waals surface area contributed by atoms with Crippen LogP contribution < -0.4 is 4.74 Å². The average Bonchev–Trinajstić information content (AvgIpc) is 3.35. The Hall–Kier alpha value is -4.33. The molecule has 4 heteroatoms. The SMILES string of the molecule is Cc1ccnc(-c2[c-]c(Oc3[c-]c(C4(c5ccccn5)c5cc(C(C)(C)C)ccc5-c5ccc(C(C)(C)C)cc54)ccc3)ccc2)c1.[Pt+2]. The summed E-state index contributed by atoms with van der Waals surface area (Å²) in [5.74, 6) is 1.24. The zero-order valence-electron chi connectivity index (χ0n) is 28.6. The number of pyridine rings is 2. The first kappa shape index (κ1) is 33.6. The summed E-state index contributed by atoms with van der Waals surface area (Å²) >= 11 is 0. The zero-order valence-corrected chi connectivity index (χ0v) is 30.9. The largest absolute Gasteiger partial charge is 2.00 e. The normalized spacial score (nSPS) is 13.3. The van der Waals surface area contributed by atoms with Gasteiger partial charge in [-0.05, 0) is 75.0 Å². The van der Waals surface area contributed by atoms with Gasteiger partial charge in [0, 0.05) is 23.9 Å². The average molecular weight is 808 g/mol. The van der Waals surface area contributed by atoms with Gasteiger partial charge in [0.1, 0.15) is 0 Å². The van der Waals surface area contributed by atoms with E-state index in [0.717, 1.165) is 28.1 Å². The van der Waals surface area contributed by atoms with Crippen molar-refractivity contribution in [1.82, 2.24) is 9.97 Å². The van der Waals surface area contributed by atoms with Crippen LogP contribution >= 0.6 is 0 Å². The molecule has 48 heavy (non-hydrogen) atoms. The van der Waals surface area contributed by atoms with Gasteiger partial charge in [-0.3, -0.25) is 4.98 Å². The fourth-order valence-electron chi connectivity index (χ4n) is 6.73. The minimum atomic E-state index is -0.704. The van der Waals surface area contributed by atoms with Crippen molar-refractivity contribution in [2.24, 2.45) is 0 Å². The molecule has 2 heterocycles. The van der Waals surface area contributed by atoms with Gasteiger partial charge in [0.25, 0.3) is 0 Å². The number of fused-ring (bicyclic) bond motifs is 3. The third-order valence-corrected chi connectivity index (χ3v) is 9.27. The van der Waals surface area contributed by atoms with Crippen molar-refractivity contribution in [3.63, 3.8) is 0 Å². The van der Waals surface area contributed by atoms with Crippen LogP contribution in [0.5, 0.6) is 11.5 Å². The van der Waals surface area contributed by atoms with Crippen molar-refractivity contribution in [3.8, 4) is 33.9 Å². The summed E-state index contributed by atoms with van der Waals surface area (Å²) in [6, 6.07) is 43.5. The number of ether oxygens (including phenoxy) is 1. The topological polar surface area (TPSA) is 35.0 Å². The molecule has 242 valence electrons. The van der Waals surface area contributed by atoms with Gasteiger partial charge in [0.05, 0.1) is 11.1 Å². The summed E-state index contributed by atoms with van der Waals surface area (Å²) in [4.78, 5) is 9.64. The van der Waals surface area contributed by atoms with Crippen LogP contribution in [-0.4, -0.2) is 9.97 Å². The number of aromatic nitrogens is 2. The van der Waals surface area contributed by atoms with Gasteiger partial charge in [-0.2, -0.15) is 12.1 Å². The maximum atomic E-state index is 6.52. The predicted octanol–water partition coefficient (Wildman–Crippen LogP) is 10.8. The Kier molecular flexibility index (Phi) is 8.81. The Morgan fingerprint density at radius 3 is 1.81 bits per heavy atom. The van der Waals surface area contributed by atoms with Gasteiger partial charge in [-0.15, -0.1) is 41.5 Å². The first-order valence-electron chi connectivity index (χ1n) is 16.3. The first-order chi connectivity index (χ1) is 22.4. The fourth-order valence-corrected chi connectivity index (χ4v) is 6.73. The molecule has 0 saturated carbocycles. The molecule has 0 aliphatic heterocycles. The molecule has 1 aliphatic carbocycles. The summed E-state index contributed by atoms with van der Waals surface area (Å²) in [7, 11) is 0. The molecule has 4 aromatic carbocycles. The second kappa shape index (κ2) is 12.6. The predicted molar refractivity (Wildman–Crippen MR) is 191 cm³/mol. The third kappa shape index (κ3) is 5.94. The molecule has 0 spiro atoms. The van der Waals surface area contributed by atoms with E-state index < -0.39 is 5.41 Å². The van der Waals surface area contributed by atoms with Crippen LogP contribution in [0.2, 0.25) is 0 Å². The number of rotatable bonds is 5. The summed E-state index contributed by atoms with van der Waals surface area (Å²) in [6.45, 7) is 15.7. The fraction of sp³-hybridized carbons (Fsp3) is 0.227. The molecule has 1 aliphatic rings. The second-order valence-corrected chi connectivity index (χ2v) is 14.7. The summed E-state index contributed by atoms with van der Waals surface area (Å²) in [5, 5.41) is 0. The van der Waals surface area contributed by atoms with Crippen LogP contribution in [0.4, 0.5) is 0 Å². The minimum absolute atomic E-state index is 0. The Balaban J connectivity index is 0.00000401. The number of aryl methyl sites for hydroxylation is 1. The van der Waals surface area contributed by atoms with E-state index in [1.54, 1.807) is 0 Å². The number of benzene rings is 4.